The summed E-state index contributed by atoms with van der Waals surface area (Å²) in [6.45, 7) is 4.39. The van der Waals surface area contributed by atoms with Gasteiger partial charge in [0.25, 0.3) is 0 Å². The van der Waals surface area contributed by atoms with Gasteiger partial charge in [0.15, 0.2) is 0 Å². The lowest BCUT2D eigenvalue weighted by Gasteiger charge is -2.34. The number of hydrogen-bond acceptors (Lipinski definition) is 3. The first kappa shape index (κ1) is 13.5. The molecule has 2 heterocycles. The zero-order valence-corrected chi connectivity index (χ0v) is 12.7. The highest BCUT2D eigenvalue weighted by Crippen LogP contribution is 2.55. The van der Waals surface area contributed by atoms with Crippen LogP contribution >= 0.6 is 23.4 Å². The Morgan fingerprint density at radius 2 is 2.32 bits per heavy atom. The largest absolute Gasteiger partial charge is 0.285 e. The fourth-order valence-corrected chi connectivity index (χ4v) is 4.80. The van der Waals surface area contributed by atoms with Crippen LogP contribution in [0.2, 0.25) is 5.02 Å². The molecule has 2 aliphatic rings. The first-order valence-electron chi connectivity index (χ1n) is 6.96. The Balaban J connectivity index is 2.00. The van der Waals surface area contributed by atoms with Crippen LogP contribution in [0.5, 0.6) is 0 Å². The maximum Gasteiger partial charge on any atom is 0.221 e. The quantitative estimate of drug-likeness (QED) is 0.830. The number of carbonyl (C=O) groups is 1. The second-order valence-corrected chi connectivity index (χ2v) is 6.99. The van der Waals surface area contributed by atoms with E-state index < -0.39 is 0 Å². The lowest BCUT2D eigenvalue weighted by atomic mass is 9.98. The molecule has 0 bridgehead atoms. The van der Waals surface area contributed by atoms with Crippen LogP contribution in [0.15, 0.2) is 18.2 Å². The topological polar surface area (TPSA) is 20.3 Å². The molecule has 0 amide bonds. The first-order valence-corrected chi connectivity index (χ1v) is 8.15. The van der Waals surface area contributed by atoms with Crippen molar-refractivity contribution in [1.29, 1.82) is 0 Å². The average molecular weight is 296 g/mol. The van der Waals surface area contributed by atoms with E-state index in [2.05, 4.69) is 17.9 Å². The predicted octanol–water partition coefficient (Wildman–Crippen LogP) is 4.28. The van der Waals surface area contributed by atoms with E-state index in [1.807, 2.05) is 12.1 Å². The van der Waals surface area contributed by atoms with Crippen LogP contribution in [0, 0.1) is 0 Å². The molecule has 19 heavy (non-hydrogen) atoms. The zero-order chi connectivity index (χ0) is 13.5. The van der Waals surface area contributed by atoms with Crippen LogP contribution in [0.25, 0.3) is 0 Å². The molecule has 0 N–H and O–H groups in total. The molecule has 1 atom stereocenters. The summed E-state index contributed by atoms with van der Waals surface area (Å²) < 4.78 is 0. The molecule has 1 unspecified atom stereocenters. The monoisotopic (exact) mass is 295 g/mol. The molecule has 0 aromatic heterocycles. The number of halogens is 1. The number of likely N-dealkylation sites (tertiary alicyclic amines) is 1. The van der Waals surface area contributed by atoms with Gasteiger partial charge in [-0.05, 0) is 50.0 Å². The van der Waals surface area contributed by atoms with Gasteiger partial charge >= 0.3 is 0 Å². The molecule has 1 spiro atoms. The summed E-state index contributed by atoms with van der Waals surface area (Å²) in [5, 5.41) is 0.837. The third-order valence-electron chi connectivity index (χ3n) is 4.12. The van der Waals surface area contributed by atoms with Gasteiger partial charge in [0.2, 0.25) is 5.12 Å². The van der Waals surface area contributed by atoms with Crippen LogP contribution in [-0.4, -0.2) is 23.1 Å². The van der Waals surface area contributed by atoms with Gasteiger partial charge in [-0.15, -0.1) is 0 Å². The van der Waals surface area contributed by atoms with Gasteiger partial charge in [-0.2, -0.15) is 0 Å². The van der Waals surface area contributed by atoms with Crippen LogP contribution in [-0.2, 0) is 4.87 Å². The minimum absolute atomic E-state index is 0.105. The van der Waals surface area contributed by atoms with Crippen molar-refractivity contribution in [2.45, 2.75) is 37.5 Å². The average Bonchev–Trinajstić information content (AvgIpc) is 2.91. The normalized spacial score (nSPS) is 26.3. The Kier molecular flexibility index (Phi) is 3.63. The van der Waals surface area contributed by atoms with Crippen molar-refractivity contribution in [3.63, 3.8) is 0 Å². The van der Waals surface area contributed by atoms with E-state index in [9.17, 15) is 4.79 Å². The fraction of sp³-hybridized carbons (Fsp3) is 0.533. The summed E-state index contributed by atoms with van der Waals surface area (Å²) in [6, 6.07) is 5.80. The van der Waals surface area contributed by atoms with Crippen molar-refractivity contribution in [3.05, 3.63) is 34.3 Å². The Morgan fingerprint density at radius 1 is 1.47 bits per heavy atom. The van der Waals surface area contributed by atoms with Gasteiger partial charge in [-0.1, -0.05) is 42.8 Å². The van der Waals surface area contributed by atoms with Crippen molar-refractivity contribution >= 4 is 28.5 Å². The lowest BCUT2D eigenvalue weighted by molar-refractivity contribution is 0.109. The smallest absolute Gasteiger partial charge is 0.221 e. The molecule has 0 radical (unpaired) electrons. The number of carbonyl (C=O) groups excluding carboxylic acids is 1. The second kappa shape index (κ2) is 5.12. The Hall–Kier alpha value is -0.510. The standard InChI is InChI=1S/C15H18ClNOS/c1-2-3-8-17-9-4-7-15(17)13-6-5-11(16)10-12(13)14(18)19-15/h5-6,10H,2-4,7-9H2,1H3. The van der Waals surface area contributed by atoms with E-state index in [1.165, 1.54) is 36.6 Å². The molecule has 0 aliphatic carbocycles. The van der Waals surface area contributed by atoms with Gasteiger partial charge in [-0.3, -0.25) is 9.69 Å². The first-order chi connectivity index (χ1) is 9.17. The molecular formula is C15H18ClNOS. The molecule has 4 heteroatoms. The highest BCUT2D eigenvalue weighted by Gasteiger charge is 2.50. The van der Waals surface area contributed by atoms with E-state index in [4.69, 9.17) is 11.6 Å². The van der Waals surface area contributed by atoms with Crippen LogP contribution in [0.3, 0.4) is 0 Å². The maximum absolute atomic E-state index is 12.3. The number of hydrogen-bond donors (Lipinski definition) is 0. The molecule has 3 rings (SSSR count). The second-order valence-electron chi connectivity index (χ2n) is 5.31. The summed E-state index contributed by atoms with van der Waals surface area (Å²) in [6.07, 6.45) is 4.63. The van der Waals surface area contributed by atoms with Gasteiger partial charge < -0.3 is 0 Å². The van der Waals surface area contributed by atoms with Crippen molar-refractivity contribution in [1.82, 2.24) is 4.90 Å². The molecule has 2 aliphatic heterocycles. The van der Waals surface area contributed by atoms with Crippen LogP contribution in [0.4, 0.5) is 0 Å². The predicted molar refractivity (Wildman–Crippen MR) is 80.8 cm³/mol. The zero-order valence-electron chi connectivity index (χ0n) is 11.1. The van der Waals surface area contributed by atoms with Gasteiger partial charge in [0, 0.05) is 10.6 Å². The maximum atomic E-state index is 12.3. The molecule has 102 valence electrons. The van der Waals surface area contributed by atoms with Gasteiger partial charge in [0.05, 0.1) is 0 Å². The number of benzene rings is 1. The van der Waals surface area contributed by atoms with Gasteiger partial charge in [-0.25, -0.2) is 0 Å². The van der Waals surface area contributed by atoms with Crippen molar-refractivity contribution in [3.8, 4) is 0 Å². The highest BCUT2D eigenvalue weighted by molar-refractivity contribution is 8.15. The summed E-state index contributed by atoms with van der Waals surface area (Å²) in [5.41, 5.74) is 2.00. The number of thioether (sulfide) groups is 1. The van der Waals surface area contributed by atoms with E-state index in [0.717, 1.165) is 25.1 Å². The van der Waals surface area contributed by atoms with Crippen molar-refractivity contribution in [2.75, 3.05) is 13.1 Å². The Labute approximate surface area is 123 Å². The molecule has 2 nitrogen and oxygen atoms in total. The van der Waals surface area contributed by atoms with Crippen LogP contribution < -0.4 is 0 Å². The van der Waals surface area contributed by atoms with E-state index in [1.54, 1.807) is 0 Å². The van der Waals surface area contributed by atoms with Gasteiger partial charge in [0.1, 0.15) is 4.87 Å². The lowest BCUT2D eigenvalue weighted by Crippen LogP contribution is -2.37. The summed E-state index contributed by atoms with van der Waals surface area (Å²) in [5.74, 6) is 0. The number of fused-ring (bicyclic) bond motifs is 2. The minimum Gasteiger partial charge on any atom is -0.285 e. The number of rotatable bonds is 3. The SMILES string of the molecule is CCCCN1CCCC12SC(=O)c1cc(Cl)ccc12. The fourth-order valence-electron chi connectivity index (χ4n) is 3.20. The van der Waals surface area contributed by atoms with E-state index in [-0.39, 0.29) is 9.99 Å². The number of unbranched alkanes of at least 4 members (excludes halogenated alkanes) is 1. The number of nitrogens with zero attached hydrogens (tertiary/aromatic N) is 1. The third-order valence-corrected chi connectivity index (χ3v) is 5.78. The Bertz CT molecular complexity index is 519. The van der Waals surface area contributed by atoms with Crippen molar-refractivity contribution in [2.24, 2.45) is 0 Å². The summed E-state index contributed by atoms with van der Waals surface area (Å²) in [4.78, 5) is 14.7. The van der Waals surface area contributed by atoms with Crippen LogP contribution in [0.1, 0.15) is 48.5 Å². The van der Waals surface area contributed by atoms with Crippen molar-refractivity contribution < 1.29 is 4.79 Å². The molecule has 1 aromatic carbocycles. The molecule has 0 saturated carbocycles. The van der Waals surface area contributed by atoms with E-state index in [0.29, 0.717) is 5.02 Å². The molecule has 1 aromatic rings. The highest BCUT2D eigenvalue weighted by atomic mass is 35.5. The summed E-state index contributed by atoms with van der Waals surface area (Å²) in [7, 11) is 0. The molecular weight excluding hydrogens is 278 g/mol. The van der Waals surface area contributed by atoms with E-state index >= 15 is 0 Å². The molecule has 1 fully saturated rings. The third kappa shape index (κ3) is 2.12. The minimum atomic E-state index is -0.105. The summed E-state index contributed by atoms with van der Waals surface area (Å²) >= 11 is 7.53. The molecule has 1 saturated heterocycles. The Morgan fingerprint density at radius 3 is 3.11 bits per heavy atom.